The van der Waals surface area contributed by atoms with Gasteiger partial charge in [-0.15, -0.1) is 0 Å². The van der Waals surface area contributed by atoms with Crippen LogP contribution in [-0.4, -0.2) is 48.9 Å². The first-order valence-corrected chi connectivity index (χ1v) is 11.3. The standard InChI is InChI=1S/C20H22N2O5S/c1-12(19(23)21-14-8-9-28(25,26)11-14)27-20(24)16-10-18(13-6-7-13)22-17-5-3-2-4-15(16)17/h2-5,10,12-14H,6-9,11H2,1H3,(H,21,23)/t12-,14-/m1/s1. The minimum Gasteiger partial charge on any atom is -0.449 e. The number of rotatable bonds is 5. The fourth-order valence-electron chi connectivity index (χ4n) is 3.46. The average Bonchev–Trinajstić information content (AvgIpc) is 3.45. The normalized spacial score (nSPS) is 22.0. The molecule has 2 atom stereocenters. The molecular formula is C20H22N2O5S. The molecular weight excluding hydrogens is 380 g/mol. The Hall–Kier alpha value is -2.48. The number of nitrogens with zero attached hydrogens (tertiary/aromatic N) is 1. The molecule has 0 bridgehead atoms. The van der Waals surface area contributed by atoms with Gasteiger partial charge in [-0.3, -0.25) is 9.78 Å². The lowest BCUT2D eigenvalue weighted by molar-refractivity contribution is -0.129. The van der Waals surface area contributed by atoms with Gasteiger partial charge in [-0.05, 0) is 38.3 Å². The Kier molecular flexibility index (Phi) is 4.82. The summed E-state index contributed by atoms with van der Waals surface area (Å²) in [6, 6.07) is 8.69. The van der Waals surface area contributed by atoms with E-state index in [0.717, 1.165) is 24.1 Å². The molecule has 0 unspecified atom stereocenters. The zero-order valence-corrected chi connectivity index (χ0v) is 16.4. The van der Waals surface area contributed by atoms with E-state index in [2.05, 4.69) is 10.3 Å². The summed E-state index contributed by atoms with van der Waals surface area (Å²) in [5, 5.41) is 3.35. The van der Waals surface area contributed by atoms with E-state index in [1.165, 1.54) is 6.92 Å². The third-order valence-corrected chi connectivity index (χ3v) is 6.95. The van der Waals surface area contributed by atoms with Gasteiger partial charge in [0.05, 0.1) is 22.6 Å². The van der Waals surface area contributed by atoms with E-state index in [-0.39, 0.29) is 11.5 Å². The van der Waals surface area contributed by atoms with Crippen molar-refractivity contribution in [1.29, 1.82) is 0 Å². The molecule has 1 aromatic carbocycles. The highest BCUT2D eigenvalue weighted by molar-refractivity contribution is 7.91. The van der Waals surface area contributed by atoms with Crippen LogP contribution in [0.5, 0.6) is 0 Å². The van der Waals surface area contributed by atoms with Crippen LogP contribution >= 0.6 is 0 Å². The SMILES string of the molecule is C[C@@H](OC(=O)c1cc(C2CC2)nc2ccccc12)C(=O)N[C@@H]1CCS(=O)(=O)C1. The molecule has 1 aliphatic heterocycles. The van der Waals surface area contributed by atoms with Crippen LogP contribution < -0.4 is 5.32 Å². The maximum atomic E-state index is 12.8. The van der Waals surface area contributed by atoms with Crippen molar-refractivity contribution in [3.8, 4) is 0 Å². The van der Waals surface area contributed by atoms with Crippen LogP contribution in [0.25, 0.3) is 10.9 Å². The van der Waals surface area contributed by atoms with Crippen LogP contribution in [0.15, 0.2) is 30.3 Å². The van der Waals surface area contributed by atoms with Crippen LogP contribution in [-0.2, 0) is 19.4 Å². The summed E-state index contributed by atoms with van der Waals surface area (Å²) in [4.78, 5) is 29.7. The largest absolute Gasteiger partial charge is 0.449 e. The monoisotopic (exact) mass is 402 g/mol. The topological polar surface area (TPSA) is 102 Å². The highest BCUT2D eigenvalue weighted by atomic mass is 32.2. The van der Waals surface area contributed by atoms with Crippen molar-refractivity contribution in [2.75, 3.05) is 11.5 Å². The zero-order chi connectivity index (χ0) is 19.9. The van der Waals surface area contributed by atoms with Crippen LogP contribution in [0.2, 0.25) is 0 Å². The molecule has 1 saturated carbocycles. The quantitative estimate of drug-likeness (QED) is 0.767. The van der Waals surface area contributed by atoms with Crippen molar-refractivity contribution >= 4 is 32.6 Å². The smallest absolute Gasteiger partial charge is 0.339 e. The number of aromatic nitrogens is 1. The summed E-state index contributed by atoms with van der Waals surface area (Å²) >= 11 is 0. The fraction of sp³-hybridized carbons (Fsp3) is 0.450. The summed E-state index contributed by atoms with van der Waals surface area (Å²) < 4.78 is 28.5. The molecule has 0 spiro atoms. The van der Waals surface area contributed by atoms with Crippen molar-refractivity contribution in [2.45, 2.75) is 44.2 Å². The number of carbonyl (C=O) groups excluding carboxylic acids is 2. The van der Waals surface area contributed by atoms with E-state index in [1.54, 1.807) is 6.07 Å². The number of hydrogen-bond donors (Lipinski definition) is 1. The lowest BCUT2D eigenvalue weighted by Crippen LogP contribution is -2.42. The molecule has 0 radical (unpaired) electrons. The molecule has 4 rings (SSSR count). The van der Waals surface area contributed by atoms with E-state index in [1.807, 2.05) is 24.3 Å². The van der Waals surface area contributed by atoms with E-state index in [0.29, 0.717) is 23.3 Å². The van der Waals surface area contributed by atoms with Crippen molar-refractivity contribution in [3.05, 3.63) is 41.6 Å². The molecule has 7 nitrogen and oxygen atoms in total. The predicted octanol–water partition coefficient (Wildman–Crippen LogP) is 1.96. The van der Waals surface area contributed by atoms with Crippen molar-refractivity contribution in [2.24, 2.45) is 0 Å². The highest BCUT2D eigenvalue weighted by Gasteiger charge is 2.31. The van der Waals surface area contributed by atoms with Gasteiger partial charge in [0.15, 0.2) is 15.9 Å². The lowest BCUT2D eigenvalue weighted by Gasteiger charge is -2.17. The molecule has 28 heavy (non-hydrogen) atoms. The molecule has 2 aromatic rings. The number of carbonyl (C=O) groups is 2. The Morgan fingerprint density at radius 3 is 2.64 bits per heavy atom. The second-order valence-electron chi connectivity index (χ2n) is 7.54. The Morgan fingerprint density at radius 2 is 1.96 bits per heavy atom. The first-order chi connectivity index (χ1) is 13.3. The number of amides is 1. The molecule has 2 heterocycles. The predicted molar refractivity (Wildman–Crippen MR) is 104 cm³/mol. The minimum absolute atomic E-state index is 0.0685. The number of esters is 1. The first-order valence-electron chi connectivity index (χ1n) is 9.44. The maximum Gasteiger partial charge on any atom is 0.339 e. The summed E-state index contributed by atoms with van der Waals surface area (Å²) in [5.74, 6) is -0.697. The Morgan fingerprint density at radius 1 is 1.21 bits per heavy atom. The van der Waals surface area contributed by atoms with Crippen LogP contribution in [0.3, 0.4) is 0 Å². The van der Waals surface area contributed by atoms with E-state index in [4.69, 9.17) is 4.74 Å². The van der Waals surface area contributed by atoms with Crippen molar-refractivity contribution < 1.29 is 22.7 Å². The van der Waals surface area contributed by atoms with Gasteiger partial charge >= 0.3 is 5.97 Å². The van der Waals surface area contributed by atoms with Gasteiger partial charge in [0.1, 0.15) is 0 Å². The van der Waals surface area contributed by atoms with Crippen molar-refractivity contribution in [3.63, 3.8) is 0 Å². The minimum atomic E-state index is -3.09. The summed E-state index contributed by atoms with van der Waals surface area (Å²) in [7, 11) is -3.09. The maximum absolute atomic E-state index is 12.8. The molecule has 1 amide bonds. The molecule has 2 fully saturated rings. The molecule has 148 valence electrons. The van der Waals surface area contributed by atoms with Crippen molar-refractivity contribution in [1.82, 2.24) is 10.3 Å². The number of benzene rings is 1. The third kappa shape index (κ3) is 4.01. The highest BCUT2D eigenvalue weighted by Crippen LogP contribution is 2.40. The second kappa shape index (κ2) is 7.16. The first kappa shape index (κ1) is 18.9. The van der Waals surface area contributed by atoms with E-state index < -0.39 is 33.9 Å². The van der Waals surface area contributed by atoms with Gasteiger partial charge in [0.25, 0.3) is 5.91 Å². The summed E-state index contributed by atoms with van der Waals surface area (Å²) in [6.07, 6.45) is 1.48. The number of para-hydroxylation sites is 1. The number of fused-ring (bicyclic) bond motifs is 1. The number of hydrogen-bond acceptors (Lipinski definition) is 6. The average molecular weight is 402 g/mol. The number of ether oxygens (including phenoxy) is 1. The summed E-state index contributed by atoms with van der Waals surface area (Å²) in [6.45, 7) is 1.49. The lowest BCUT2D eigenvalue weighted by atomic mass is 10.1. The Balaban J connectivity index is 1.49. The zero-order valence-electron chi connectivity index (χ0n) is 15.6. The molecule has 2 aliphatic rings. The van der Waals surface area contributed by atoms with Gasteiger partial charge in [-0.1, -0.05) is 18.2 Å². The number of sulfone groups is 1. The molecule has 1 aliphatic carbocycles. The van der Waals surface area contributed by atoms with Gasteiger partial charge < -0.3 is 10.1 Å². The Bertz CT molecular complexity index is 1050. The summed E-state index contributed by atoms with van der Waals surface area (Å²) in [5.41, 5.74) is 2.00. The fourth-order valence-corrected chi connectivity index (χ4v) is 5.13. The van der Waals surface area contributed by atoms with Gasteiger partial charge in [0.2, 0.25) is 0 Å². The number of nitrogens with one attached hydrogen (secondary N) is 1. The third-order valence-electron chi connectivity index (χ3n) is 5.18. The van der Waals surface area contributed by atoms with Crippen LogP contribution in [0, 0.1) is 0 Å². The van der Waals surface area contributed by atoms with Gasteiger partial charge in [0, 0.05) is 23.0 Å². The number of pyridine rings is 1. The van der Waals surface area contributed by atoms with Gasteiger partial charge in [-0.2, -0.15) is 0 Å². The van der Waals surface area contributed by atoms with E-state index in [9.17, 15) is 18.0 Å². The van der Waals surface area contributed by atoms with Gasteiger partial charge in [-0.25, -0.2) is 13.2 Å². The van der Waals surface area contributed by atoms with E-state index >= 15 is 0 Å². The molecule has 1 aromatic heterocycles. The Labute approximate surface area is 163 Å². The second-order valence-corrected chi connectivity index (χ2v) is 9.77. The molecule has 1 saturated heterocycles. The molecule has 8 heteroatoms. The van der Waals surface area contributed by atoms with Crippen LogP contribution in [0.1, 0.15) is 48.2 Å². The van der Waals surface area contributed by atoms with Crippen LogP contribution in [0.4, 0.5) is 0 Å². The molecule has 1 N–H and O–H groups in total.